The first-order valence-electron chi connectivity index (χ1n) is 4.70. The van der Waals surface area contributed by atoms with E-state index in [2.05, 4.69) is 15.3 Å². The molecular formula is C9H15N3O3. The van der Waals surface area contributed by atoms with Crippen molar-refractivity contribution in [3.63, 3.8) is 0 Å². The van der Waals surface area contributed by atoms with Gasteiger partial charge in [-0.15, -0.1) is 0 Å². The van der Waals surface area contributed by atoms with Gasteiger partial charge >= 0.3 is 0 Å². The van der Waals surface area contributed by atoms with Gasteiger partial charge in [-0.3, -0.25) is 4.79 Å². The van der Waals surface area contributed by atoms with Crippen LogP contribution in [0.25, 0.3) is 0 Å². The van der Waals surface area contributed by atoms with Crippen LogP contribution in [0.5, 0.6) is 0 Å². The molecule has 0 aliphatic carbocycles. The third kappa shape index (κ3) is 3.69. The summed E-state index contributed by atoms with van der Waals surface area (Å²) in [4.78, 5) is 17.0. The number of nitrogens with zero attached hydrogens (tertiary/aromatic N) is 1. The number of aromatic amines is 1. The maximum absolute atomic E-state index is 10.6. The van der Waals surface area contributed by atoms with E-state index in [9.17, 15) is 15.0 Å². The molecule has 4 N–H and O–H groups in total. The van der Waals surface area contributed by atoms with Crippen molar-refractivity contribution in [2.24, 2.45) is 0 Å². The SMILES string of the molecule is CC(=O)NCCC(O)C(O)c1cnc[nH]1. The second kappa shape index (κ2) is 5.47. The van der Waals surface area contributed by atoms with Gasteiger partial charge in [-0.05, 0) is 6.42 Å². The van der Waals surface area contributed by atoms with E-state index in [0.717, 1.165) is 0 Å². The summed E-state index contributed by atoms with van der Waals surface area (Å²) in [5.74, 6) is -0.154. The van der Waals surface area contributed by atoms with Crippen molar-refractivity contribution >= 4 is 5.91 Å². The minimum atomic E-state index is -0.999. The zero-order valence-electron chi connectivity index (χ0n) is 8.47. The number of nitrogens with one attached hydrogen (secondary N) is 2. The van der Waals surface area contributed by atoms with E-state index in [1.807, 2.05) is 0 Å². The Morgan fingerprint density at radius 1 is 1.67 bits per heavy atom. The fourth-order valence-electron chi connectivity index (χ4n) is 1.19. The molecule has 0 aromatic carbocycles. The number of hydrogen-bond donors (Lipinski definition) is 4. The lowest BCUT2D eigenvalue weighted by Crippen LogP contribution is -2.27. The molecule has 1 amide bonds. The largest absolute Gasteiger partial charge is 0.390 e. The number of H-pyrrole nitrogens is 1. The topological polar surface area (TPSA) is 98.2 Å². The van der Waals surface area contributed by atoms with Crippen LogP contribution in [0.2, 0.25) is 0 Å². The van der Waals surface area contributed by atoms with Crippen LogP contribution < -0.4 is 5.32 Å². The molecular weight excluding hydrogens is 198 g/mol. The minimum absolute atomic E-state index is 0.154. The van der Waals surface area contributed by atoms with Gasteiger partial charge in [0, 0.05) is 13.5 Å². The Bertz CT molecular complexity index is 300. The summed E-state index contributed by atoms with van der Waals surface area (Å²) in [6.07, 6.45) is 1.25. The highest BCUT2D eigenvalue weighted by Crippen LogP contribution is 2.15. The first-order valence-corrected chi connectivity index (χ1v) is 4.70. The number of aliphatic hydroxyl groups excluding tert-OH is 2. The molecule has 2 atom stereocenters. The summed E-state index contributed by atoms with van der Waals surface area (Å²) in [7, 11) is 0. The fourth-order valence-corrected chi connectivity index (χ4v) is 1.19. The molecule has 0 saturated carbocycles. The zero-order valence-corrected chi connectivity index (χ0v) is 8.47. The van der Waals surface area contributed by atoms with Gasteiger partial charge in [0.1, 0.15) is 6.10 Å². The van der Waals surface area contributed by atoms with E-state index in [-0.39, 0.29) is 5.91 Å². The van der Waals surface area contributed by atoms with Gasteiger partial charge in [-0.25, -0.2) is 4.98 Å². The van der Waals surface area contributed by atoms with E-state index < -0.39 is 12.2 Å². The van der Waals surface area contributed by atoms with Crippen LogP contribution in [0.1, 0.15) is 25.1 Å². The van der Waals surface area contributed by atoms with Crippen LogP contribution in [-0.4, -0.2) is 38.7 Å². The molecule has 0 saturated heterocycles. The van der Waals surface area contributed by atoms with E-state index in [1.54, 1.807) is 0 Å². The van der Waals surface area contributed by atoms with Crippen LogP contribution in [0.4, 0.5) is 0 Å². The molecule has 0 aliphatic heterocycles. The zero-order chi connectivity index (χ0) is 11.3. The molecule has 1 aromatic rings. The Morgan fingerprint density at radius 3 is 2.93 bits per heavy atom. The first-order chi connectivity index (χ1) is 7.11. The van der Waals surface area contributed by atoms with Crippen molar-refractivity contribution in [1.29, 1.82) is 0 Å². The number of carbonyl (C=O) groups excluding carboxylic acids is 1. The number of rotatable bonds is 5. The molecule has 0 radical (unpaired) electrons. The summed E-state index contributed by atoms with van der Waals surface area (Å²) < 4.78 is 0. The number of imidazole rings is 1. The predicted octanol–water partition coefficient (Wildman–Crippen LogP) is -0.670. The quantitative estimate of drug-likeness (QED) is 0.521. The van der Waals surface area contributed by atoms with Crippen molar-refractivity contribution in [2.75, 3.05) is 6.54 Å². The molecule has 0 spiro atoms. The van der Waals surface area contributed by atoms with Gasteiger partial charge in [0.25, 0.3) is 0 Å². The third-order valence-corrected chi connectivity index (χ3v) is 2.02. The fraction of sp³-hybridized carbons (Fsp3) is 0.556. The first kappa shape index (κ1) is 11.7. The van der Waals surface area contributed by atoms with Crippen LogP contribution in [0, 0.1) is 0 Å². The molecule has 0 aliphatic rings. The van der Waals surface area contributed by atoms with E-state index in [1.165, 1.54) is 19.4 Å². The second-order valence-electron chi connectivity index (χ2n) is 3.29. The van der Waals surface area contributed by atoms with E-state index in [4.69, 9.17) is 0 Å². The van der Waals surface area contributed by atoms with Crippen molar-refractivity contribution in [3.8, 4) is 0 Å². The molecule has 6 nitrogen and oxygen atoms in total. The Hall–Kier alpha value is -1.40. The van der Waals surface area contributed by atoms with Crippen molar-refractivity contribution in [2.45, 2.75) is 25.6 Å². The highest BCUT2D eigenvalue weighted by Gasteiger charge is 2.18. The monoisotopic (exact) mass is 213 g/mol. The van der Waals surface area contributed by atoms with Gasteiger partial charge in [-0.1, -0.05) is 0 Å². The van der Waals surface area contributed by atoms with Crippen LogP contribution in [-0.2, 0) is 4.79 Å². The van der Waals surface area contributed by atoms with Crippen molar-refractivity contribution < 1.29 is 15.0 Å². The lowest BCUT2D eigenvalue weighted by Gasteiger charge is -2.16. The van der Waals surface area contributed by atoms with Gasteiger partial charge in [-0.2, -0.15) is 0 Å². The average Bonchev–Trinajstić information content (AvgIpc) is 2.68. The molecule has 1 rings (SSSR count). The van der Waals surface area contributed by atoms with Crippen LogP contribution in [0.15, 0.2) is 12.5 Å². The summed E-state index contributed by atoms with van der Waals surface area (Å²) in [5.41, 5.74) is 0.463. The standard InChI is InChI=1S/C9H15N3O3/c1-6(13)11-3-2-8(14)9(15)7-4-10-5-12-7/h4-5,8-9,14-15H,2-3H2,1H3,(H,10,12)(H,11,13). The molecule has 1 heterocycles. The molecule has 84 valence electrons. The molecule has 6 heteroatoms. The Balaban J connectivity index is 2.33. The number of carbonyl (C=O) groups is 1. The summed E-state index contributed by atoms with van der Waals surface area (Å²) in [5, 5.41) is 21.7. The number of aromatic nitrogens is 2. The van der Waals surface area contributed by atoms with Crippen LogP contribution >= 0.6 is 0 Å². The number of hydrogen-bond acceptors (Lipinski definition) is 4. The highest BCUT2D eigenvalue weighted by molar-refractivity contribution is 5.72. The molecule has 15 heavy (non-hydrogen) atoms. The second-order valence-corrected chi connectivity index (χ2v) is 3.29. The van der Waals surface area contributed by atoms with Gasteiger partial charge in [0.15, 0.2) is 0 Å². The summed E-state index contributed by atoms with van der Waals surface area (Å²) in [6, 6.07) is 0. The van der Waals surface area contributed by atoms with Gasteiger partial charge in [0.05, 0.1) is 24.3 Å². The van der Waals surface area contributed by atoms with Crippen molar-refractivity contribution in [3.05, 3.63) is 18.2 Å². The lowest BCUT2D eigenvalue weighted by molar-refractivity contribution is -0.119. The number of aliphatic hydroxyl groups is 2. The van der Waals surface area contributed by atoms with E-state index in [0.29, 0.717) is 18.7 Å². The maximum Gasteiger partial charge on any atom is 0.216 e. The Labute approximate surface area is 87.3 Å². The maximum atomic E-state index is 10.6. The summed E-state index contributed by atoms with van der Waals surface area (Å²) >= 11 is 0. The van der Waals surface area contributed by atoms with Crippen molar-refractivity contribution in [1.82, 2.24) is 15.3 Å². The molecule has 1 aromatic heterocycles. The smallest absolute Gasteiger partial charge is 0.216 e. The Kier molecular flexibility index (Phi) is 4.26. The lowest BCUT2D eigenvalue weighted by atomic mass is 10.1. The Morgan fingerprint density at radius 2 is 2.40 bits per heavy atom. The number of amides is 1. The normalized spacial score (nSPS) is 14.6. The molecule has 2 unspecified atom stereocenters. The predicted molar refractivity (Wildman–Crippen MR) is 52.9 cm³/mol. The molecule has 0 bridgehead atoms. The third-order valence-electron chi connectivity index (χ3n) is 2.02. The van der Waals surface area contributed by atoms with Gasteiger partial charge in [0.2, 0.25) is 5.91 Å². The summed E-state index contributed by atoms with van der Waals surface area (Å²) in [6.45, 7) is 1.74. The minimum Gasteiger partial charge on any atom is -0.390 e. The van der Waals surface area contributed by atoms with Crippen LogP contribution in [0.3, 0.4) is 0 Å². The van der Waals surface area contributed by atoms with E-state index >= 15 is 0 Å². The average molecular weight is 213 g/mol. The van der Waals surface area contributed by atoms with Gasteiger partial charge < -0.3 is 20.5 Å². The molecule has 0 fully saturated rings. The highest BCUT2D eigenvalue weighted by atomic mass is 16.3.